The molecule has 0 N–H and O–H groups in total. The van der Waals surface area contributed by atoms with Crippen LogP contribution >= 0.6 is 0 Å². The normalized spacial score (nSPS) is 18.6. The summed E-state index contributed by atoms with van der Waals surface area (Å²) in [5.74, 6) is 2.43. The first-order valence-electron chi connectivity index (χ1n) is 14.5. The summed E-state index contributed by atoms with van der Waals surface area (Å²) in [6, 6.07) is 13.0. The van der Waals surface area contributed by atoms with Gasteiger partial charge in [0.1, 0.15) is 5.69 Å². The quantitative estimate of drug-likeness (QED) is 0.446. The summed E-state index contributed by atoms with van der Waals surface area (Å²) in [4.78, 5) is 27.6. The standard InChI is InChI=1S/C32H41N5O2/c1-22-7-5-6-8-29(22)35-13-11-34(12-14-35)21-27-20-28(24(3)19-23(27)2)31(38)36-15-17-37(18-16-36)32-25(4)33-30(39-32)26-9-10-26/h5-8,19-20,26H,9-18,21H2,1-4H3. The lowest BCUT2D eigenvalue weighted by Crippen LogP contribution is -2.49. The van der Waals surface area contributed by atoms with Gasteiger partial charge in [0.05, 0.1) is 0 Å². The van der Waals surface area contributed by atoms with E-state index in [1.165, 1.54) is 35.2 Å². The van der Waals surface area contributed by atoms with Crippen LogP contribution in [0.3, 0.4) is 0 Å². The third-order valence-corrected chi connectivity index (χ3v) is 8.71. The maximum atomic E-state index is 13.7. The van der Waals surface area contributed by atoms with Crippen LogP contribution < -0.4 is 9.80 Å². The second kappa shape index (κ2) is 10.7. The van der Waals surface area contributed by atoms with Crippen molar-refractivity contribution in [3.8, 4) is 0 Å². The number of carbonyl (C=O) groups excluding carboxylic acids is 1. The largest absolute Gasteiger partial charge is 0.425 e. The highest BCUT2D eigenvalue weighted by molar-refractivity contribution is 5.96. The molecule has 3 aliphatic rings. The van der Waals surface area contributed by atoms with E-state index in [9.17, 15) is 4.79 Å². The molecule has 1 aromatic heterocycles. The van der Waals surface area contributed by atoms with Crippen molar-refractivity contribution in [1.29, 1.82) is 0 Å². The molecular formula is C32H41N5O2. The molecule has 7 heteroatoms. The smallest absolute Gasteiger partial charge is 0.254 e. The van der Waals surface area contributed by atoms with Crippen LogP contribution in [-0.2, 0) is 6.54 Å². The van der Waals surface area contributed by atoms with Gasteiger partial charge in [-0.05, 0) is 74.9 Å². The summed E-state index contributed by atoms with van der Waals surface area (Å²) < 4.78 is 6.12. The first-order chi connectivity index (χ1) is 18.9. The number of carbonyl (C=O) groups is 1. The van der Waals surface area contributed by atoms with Crippen molar-refractivity contribution in [2.75, 3.05) is 62.2 Å². The highest BCUT2D eigenvalue weighted by atomic mass is 16.4. The summed E-state index contributed by atoms with van der Waals surface area (Å²) in [6.45, 7) is 16.4. The van der Waals surface area contributed by atoms with Gasteiger partial charge in [-0.1, -0.05) is 24.3 Å². The Morgan fingerprint density at radius 1 is 0.846 bits per heavy atom. The number of benzene rings is 2. The number of piperazine rings is 2. The maximum Gasteiger partial charge on any atom is 0.254 e. The highest BCUT2D eigenvalue weighted by Crippen LogP contribution is 2.41. The number of hydrogen-bond acceptors (Lipinski definition) is 6. The zero-order valence-electron chi connectivity index (χ0n) is 23.9. The molecule has 0 spiro atoms. The van der Waals surface area contributed by atoms with Crippen molar-refractivity contribution >= 4 is 17.5 Å². The summed E-state index contributed by atoms with van der Waals surface area (Å²) in [6.07, 6.45) is 2.37. The predicted octanol–water partition coefficient (Wildman–Crippen LogP) is 5.07. The van der Waals surface area contributed by atoms with Gasteiger partial charge in [-0.15, -0.1) is 0 Å². The van der Waals surface area contributed by atoms with E-state index in [-0.39, 0.29) is 5.91 Å². The minimum absolute atomic E-state index is 0.144. The van der Waals surface area contributed by atoms with E-state index in [1.807, 2.05) is 11.8 Å². The molecule has 2 aromatic carbocycles. The number of rotatable bonds is 6. The second-order valence-corrected chi connectivity index (χ2v) is 11.6. The van der Waals surface area contributed by atoms with Crippen molar-refractivity contribution in [2.45, 2.75) is 53.0 Å². The molecule has 6 rings (SSSR count). The Bertz CT molecular complexity index is 1340. The highest BCUT2D eigenvalue weighted by Gasteiger charge is 2.32. The minimum atomic E-state index is 0.144. The minimum Gasteiger partial charge on any atom is -0.425 e. The Labute approximate surface area is 232 Å². The lowest BCUT2D eigenvalue weighted by atomic mass is 9.98. The third-order valence-electron chi connectivity index (χ3n) is 8.71. The fraction of sp³-hybridized carbons (Fsp3) is 0.500. The molecule has 2 aliphatic heterocycles. The molecule has 1 amide bonds. The number of aryl methyl sites for hydroxylation is 4. The van der Waals surface area contributed by atoms with Crippen LogP contribution in [0.4, 0.5) is 11.6 Å². The Morgan fingerprint density at radius 2 is 1.54 bits per heavy atom. The van der Waals surface area contributed by atoms with E-state index in [2.05, 4.69) is 76.9 Å². The Kier molecular flexibility index (Phi) is 7.10. The molecule has 0 bridgehead atoms. The van der Waals surface area contributed by atoms with Crippen LogP contribution in [0.15, 0.2) is 40.8 Å². The van der Waals surface area contributed by atoms with Crippen LogP contribution in [0.5, 0.6) is 0 Å². The van der Waals surface area contributed by atoms with E-state index >= 15 is 0 Å². The summed E-state index contributed by atoms with van der Waals surface area (Å²) in [7, 11) is 0. The van der Waals surface area contributed by atoms with Gasteiger partial charge in [0.15, 0.2) is 5.89 Å². The number of oxazole rings is 1. The molecule has 7 nitrogen and oxygen atoms in total. The van der Waals surface area contributed by atoms with Gasteiger partial charge in [0, 0.05) is 76.1 Å². The molecule has 0 radical (unpaired) electrons. The van der Waals surface area contributed by atoms with Crippen molar-refractivity contribution in [3.63, 3.8) is 0 Å². The van der Waals surface area contributed by atoms with E-state index in [4.69, 9.17) is 4.42 Å². The Morgan fingerprint density at radius 3 is 2.23 bits per heavy atom. The molecule has 2 saturated heterocycles. The van der Waals surface area contributed by atoms with Crippen LogP contribution in [0.1, 0.15) is 63.0 Å². The molecule has 39 heavy (non-hydrogen) atoms. The van der Waals surface area contributed by atoms with Gasteiger partial charge in [-0.2, -0.15) is 0 Å². The summed E-state index contributed by atoms with van der Waals surface area (Å²) in [5.41, 5.74) is 8.08. The van der Waals surface area contributed by atoms with Gasteiger partial charge in [-0.3, -0.25) is 9.69 Å². The first-order valence-corrected chi connectivity index (χ1v) is 14.5. The van der Waals surface area contributed by atoms with E-state index in [0.717, 1.165) is 74.4 Å². The SMILES string of the molecule is Cc1cc(C)c(C(=O)N2CCN(c3oc(C4CC4)nc3C)CC2)cc1CN1CCN(c2ccccc2C)CC1. The van der Waals surface area contributed by atoms with E-state index in [1.54, 1.807) is 0 Å². The van der Waals surface area contributed by atoms with E-state index < -0.39 is 0 Å². The van der Waals surface area contributed by atoms with Crippen LogP contribution in [0, 0.1) is 27.7 Å². The lowest BCUT2D eigenvalue weighted by Gasteiger charge is -2.37. The number of para-hydroxylation sites is 1. The van der Waals surface area contributed by atoms with Gasteiger partial charge < -0.3 is 19.1 Å². The average Bonchev–Trinajstić information content (AvgIpc) is 3.72. The van der Waals surface area contributed by atoms with Crippen molar-refractivity contribution in [3.05, 3.63) is 75.8 Å². The molecule has 0 atom stereocenters. The fourth-order valence-corrected chi connectivity index (χ4v) is 6.09. The first kappa shape index (κ1) is 25.9. The van der Waals surface area contributed by atoms with Crippen molar-refractivity contribution in [2.24, 2.45) is 0 Å². The number of hydrogen-bond donors (Lipinski definition) is 0. The zero-order chi connectivity index (χ0) is 27.1. The lowest BCUT2D eigenvalue weighted by molar-refractivity contribution is 0.0744. The number of anilines is 2. The summed E-state index contributed by atoms with van der Waals surface area (Å²) >= 11 is 0. The molecule has 1 aliphatic carbocycles. The zero-order valence-corrected chi connectivity index (χ0v) is 23.9. The average molecular weight is 528 g/mol. The van der Waals surface area contributed by atoms with Crippen molar-refractivity contribution < 1.29 is 9.21 Å². The molecule has 3 fully saturated rings. The van der Waals surface area contributed by atoms with Crippen LogP contribution in [0.2, 0.25) is 0 Å². The molecule has 206 valence electrons. The van der Waals surface area contributed by atoms with Gasteiger partial charge in [0.25, 0.3) is 5.91 Å². The number of amides is 1. The molecule has 1 saturated carbocycles. The molecule has 0 unspecified atom stereocenters. The van der Waals surface area contributed by atoms with Gasteiger partial charge in [0.2, 0.25) is 5.88 Å². The van der Waals surface area contributed by atoms with Crippen molar-refractivity contribution in [1.82, 2.24) is 14.8 Å². The fourth-order valence-electron chi connectivity index (χ4n) is 6.09. The van der Waals surface area contributed by atoms with Gasteiger partial charge >= 0.3 is 0 Å². The summed E-state index contributed by atoms with van der Waals surface area (Å²) in [5, 5.41) is 0. The topological polar surface area (TPSA) is 56.1 Å². The van der Waals surface area contributed by atoms with E-state index in [0.29, 0.717) is 19.0 Å². The molecular weight excluding hydrogens is 486 g/mol. The number of aromatic nitrogens is 1. The molecule has 3 heterocycles. The van der Waals surface area contributed by atoms with Gasteiger partial charge in [-0.25, -0.2) is 4.98 Å². The molecule has 3 aromatic rings. The second-order valence-electron chi connectivity index (χ2n) is 11.6. The van der Waals surface area contributed by atoms with Crippen LogP contribution in [0.25, 0.3) is 0 Å². The monoisotopic (exact) mass is 527 g/mol. The number of nitrogens with zero attached hydrogens (tertiary/aromatic N) is 5. The third kappa shape index (κ3) is 5.42. The Balaban J connectivity index is 1.08. The predicted molar refractivity (Wildman–Crippen MR) is 156 cm³/mol. The maximum absolute atomic E-state index is 13.7. The Hall–Kier alpha value is -3.32. The van der Waals surface area contributed by atoms with Crippen LogP contribution in [-0.4, -0.2) is 73.0 Å².